The predicted molar refractivity (Wildman–Crippen MR) is 105 cm³/mol. The van der Waals surface area contributed by atoms with Gasteiger partial charge in [0.15, 0.2) is 0 Å². The van der Waals surface area contributed by atoms with Crippen molar-refractivity contribution in [2.45, 2.75) is 32.2 Å². The zero-order chi connectivity index (χ0) is 21.2. The summed E-state index contributed by atoms with van der Waals surface area (Å²) in [6.45, 7) is 1.86. The number of benzene rings is 1. The lowest BCUT2D eigenvalue weighted by molar-refractivity contribution is -0.126. The van der Waals surface area contributed by atoms with Crippen molar-refractivity contribution in [2.24, 2.45) is 0 Å². The number of rotatable bonds is 9. The number of hydrogen-bond donors (Lipinski definition) is 2. The molecule has 0 saturated carbocycles. The highest BCUT2D eigenvalue weighted by atomic mass is 19.1. The van der Waals surface area contributed by atoms with Crippen molar-refractivity contribution in [1.29, 1.82) is 0 Å². The van der Waals surface area contributed by atoms with Crippen LogP contribution in [0.5, 0.6) is 0 Å². The quantitative estimate of drug-likeness (QED) is 0.499. The average Bonchev–Trinajstić information content (AvgIpc) is 2.66. The average molecular weight is 401 g/mol. The van der Waals surface area contributed by atoms with Gasteiger partial charge in [0.05, 0.1) is 6.42 Å². The lowest BCUT2D eigenvalue weighted by Gasteiger charge is -2.17. The number of aldehydes is 1. The largest absolute Gasteiger partial charge is 0.344 e. The second-order valence-corrected chi connectivity index (χ2v) is 6.32. The number of nitrogens with one attached hydrogen (secondary N) is 2. The minimum Gasteiger partial charge on any atom is -0.344 e. The lowest BCUT2D eigenvalue weighted by atomic mass is 10.1. The molecule has 152 valence electrons. The first-order valence-electron chi connectivity index (χ1n) is 9.04. The monoisotopic (exact) mass is 401 g/mol. The third-order valence-electron chi connectivity index (χ3n) is 3.92. The third-order valence-corrected chi connectivity index (χ3v) is 3.92. The van der Waals surface area contributed by atoms with E-state index in [1.165, 1.54) is 12.3 Å². The summed E-state index contributed by atoms with van der Waals surface area (Å²) in [5, 5.41) is 5.21. The molecule has 2 amide bonds. The van der Waals surface area contributed by atoms with E-state index in [0.717, 1.165) is 18.2 Å². The molecule has 2 N–H and O–H groups in total. The highest BCUT2D eigenvalue weighted by molar-refractivity contribution is 5.96. The molecule has 1 heterocycles. The van der Waals surface area contributed by atoms with E-state index in [4.69, 9.17) is 0 Å². The van der Waals surface area contributed by atoms with Gasteiger partial charge in [-0.15, -0.1) is 0 Å². The van der Waals surface area contributed by atoms with Crippen LogP contribution in [0, 0.1) is 11.6 Å². The summed E-state index contributed by atoms with van der Waals surface area (Å²) in [7, 11) is 0. The minimum atomic E-state index is -0.817. The Bertz CT molecular complexity index is 878. The maximum absolute atomic E-state index is 13.3. The Morgan fingerprint density at radius 1 is 1.17 bits per heavy atom. The zero-order valence-electron chi connectivity index (χ0n) is 15.8. The summed E-state index contributed by atoms with van der Waals surface area (Å²) >= 11 is 0. The molecule has 0 aliphatic rings. The molecule has 29 heavy (non-hydrogen) atoms. The van der Waals surface area contributed by atoms with Crippen LogP contribution >= 0.6 is 0 Å². The molecule has 1 atom stereocenters. The summed E-state index contributed by atoms with van der Waals surface area (Å²) in [6, 6.07) is 5.30. The Kier molecular flexibility index (Phi) is 8.14. The maximum atomic E-state index is 13.3. The summed E-state index contributed by atoms with van der Waals surface area (Å²) in [6.07, 6.45) is 5.80. The van der Waals surface area contributed by atoms with E-state index in [0.29, 0.717) is 30.5 Å². The number of hydrogen-bond acceptors (Lipinski definition) is 4. The van der Waals surface area contributed by atoms with Gasteiger partial charge in [-0.2, -0.15) is 0 Å². The molecule has 2 aromatic rings. The van der Waals surface area contributed by atoms with Gasteiger partial charge < -0.3 is 10.6 Å². The number of carbonyl (C=O) groups excluding carboxylic acids is 3. The van der Waals surface area contributed by atoms with Gasteiger partial charge in [0.25, 0.3) is 0 Å². The topological polar surface area (TPSA) is 88.2 Å². The van der Waals surface area contributed by atoms with Crippen LogP contribution < -0.4 is 10.6 Å². The number of anilines is 1. The summed E-state index contributed by atoms with van der Waals surface area (Å²) in [5.41, 5.74) is 0.868. The Hall–Kier alpha value is -3.42. The molecule has 0 aliphatic carbocycles. The highest BCUT2D eigenvalue weighted by Crippen LogP contribution is 2.11. The summed E-state index contributed by atoms with van der Waals surface area (Å²) < 4.78 is 26.5. The van der Waals surface area contributed by atoms with Gasteiger partial charge in [-0.3, -0.25) is 14.4 Å². The van der Waals surface area contributed by atoms with Crippen LogP contribution in [0.25, 0.3) is 6.08 Å². The first kappa shape index (κ1) is 21.9. The number of allylic oxidation sites excluding steroid dienone is 1. The van der Waals surface area contributed by atoms with Crippen LogP contribution in [0.3, 0.4) is 0 Å². The fraction of sp³-hybridized carbons (Fsp3) is 0.238. The van der Waals surface area contributed by atoms with Crippen LogP contribution in [0.1, 0.15) is 30.9 Å². The van der Waals surface area contributed by atoms with Crippen molar-refractivity contribution < 1.29 is 23.2 Å². The molecule has 1 unspecified atom stereocenters. The van der Waals surface area contributed by atoms with Crippen molar-refractivity contribution in [3.63, 3.8) is 0 Å². The van der Waals surface area contributed by atoms with Gasteiger partial charge in [0, 0.05) is 12.3 Å². The smallest absolute Gasteiger partial charge is 0.248 e. The number of aromatic nitrogens is 1. The standard InChI is InChI=1S/C21H21F2N3O3/c1-2-4-18(25-20(28)11-15-9-16(22)12-17(23)10-15)21(29)26-19-7-6-14(13-24-19)5-3-8-27/h3,5-10,12-13,18H,2,4,11H2,1H3,(H,25,28)(H,24,26,29). The van der Waals surface area contributed by atoms with Gasteiger partial charge in [-0.25, -0.2) is 13.8 Å². The Balaban J connectivity index is 2.00. The van der Waals surface area contributed by atoms with Crippen LogP contribution in [0.15, 0.2) is 42.6 Å². The van der Waals surface area contributed by atoms with E-state index in [9.17, 15) is 23.2 Å². The van der Waals surface area contributed by atoms with Crippen molar-refractivity contribution in [3.8, 4) is 0 Å². The van der Waals surface area contributed by atoms with Crippen LogP contribution in [-0.4, -0.2) is 29.1 Å². The second-order valence-electron chi connectivity index (χ2n) is 6.32. The maximum Gasteiger partial charge on any atom is 0.248 e. The van der Waals surface area contributed by atoms with E-state index in [1.54, 1.807) is 18.2 Å². The van der Waals surface area contributed by atoms with Crippen molar-refractivity contribution >= 4 is 30.0 Å². The molecular formula is C21H21F2N3O3. The van der Waals surface area contributed by atoms with Crippen LogP contribution in [-0.2, 0) is 20.8 Å². The van der Waals surface area contributed by atoms with E-state index in [2.05, 4.69) is 15.6 Å². The lowest BCUT2D eigenvalue weighted by Crippen LogP contribution is -2.44. The predicted octanol–water partition coefficient (Wildman–Crippen LogP) is 3.04. The van der Waals surface area contributed by atoms with Gasteiger partial charge in [0.1, 0.15) is 29.8 Å². The summed E-state index contributed by atoms with van der Waals surface area (Å²) in [5.74, 6) is -2.22. The molecule has 0 fully saturated rings. The van der Waals surface area contributed by atoms with Crippen LogP contribution in [0.4, 0.5) is 14.6 Å². The van der Waals surface area contributed by atoms with E-state index >= 15 is 0 Å². The minimum absolute atomic E-state index is 0.177. The van der Waals surface area contributed by atoms with Crippen molar-refractivity contribution in [2.75, 3.05) is 5.32 Å². The number of pyridine rings is 1. The molecule has 0 radical (unpaired) electrons. The second kappa shape index (κ2) is 10.8. The fourth-order valence-electron chi connectivity index (χ4n) is 2.64. The normalized spacial score (nSPS) is 11.8. The number of halogens is 2. The highest BCUT2D eigenvalue weighted by Gasteiger charge is 2.20. The van der Waals surface area contributed by atoms with Gasteiger partial charge in [-0.05, 0) is 47.9 Å². The van der Waals surface area contributed by atoms with Crippen molar-refractivity contribution in [1.82, 2.24) is 10.3 Å². The molecular weight excluding hydrogens is 380 g/mol. The Morgan fingerprint density at radius 2 is 1.90 bits per heavy atom. The molecule has 2 rings (SSSR count). The number of carbonyl (C=O) groups is 3. The molecule has 1 aromatic heterocycles. The third kappa shape index (κ3) is 7.25. The van der Waals surface area contributed by atoms with E-state index in [-0.39, 0.29) is 12.0 Å². The van der Waals surface area contributed by atoms with E-state index in [1.807, 2.05) is 6.92 Å². The van der Waals surface area contributed by atoms with Crippen LogP contribution in [0.2, 0.25) is 0 Å². The number of amides is 2. The summed E-state index contributed by atoms with van der Waals surface area (Å²) in [4.78, 5) is 39.2. The molecule has 0 bridgehead atoms. The first-order chi connectivity index (χ1) is 13.9. The molecule has 8 heteroatoms. The molecule has 0 saturated heterocycles. The van der Waals surface area contributed by atoms with Gasteiger partial charge >= 0.3 is 0 Å². The Morgan fingerprint density at radius 3 is 2.48 bits per heavy atom. The SMILES string of the molecule is CCCC(NC(=O)Cc1cc(F)cc(F)c1)C(=O)Nc1ccc(C=CC=O)cn1. The van der Waals surface area contributed by atoms with Gasteiger partial charge in [0.2, 0.25) is 11.8 Å². The first-order valence-corrected chi connectivity index (χ1v) is 9.04. The van der Waals surface area contributed by atoms with Gasteiger partial charge in [-0.1, -0.05) is 19.4 Å². The fourth-order valence-corrected chi connectivity index (χ4v) is 2.64. The molecule has 6 nitrogen and oxygen atoms in total. The zero-order valence-corrected chi connectivity index (χ0v) is 15.8. The van der Waals surface area contributed by atoms with Crippen molar-refractivity contribution in [3.05, 3.63) is 65.4 Å². The molecule has 1 aromatic carbocycles. The molecule has 0 spiro atoms. The Labute approximate surface area is 167 Å². The van der Waals surface area contributed by atoms with E-state index < -0.39 is 29.5 Å². The molecule has 0 aliphatic heterocycles. The number of nitrogens with zero attached hydrogens (tertiary/aromatic N) is 1.